The topological polar surface area (TPSA) is 12.0 Å². The Hall–Kier alpha value is 0.240. The lowest BCUT2D eigenvalue weighted by atomic mass is 10.1. The van der Waals surface area contributed by atoms with Crippen molar-refractivity contribution in [2.75, 3.05) is 6.54 Å². The summed E-state index contributed by atoms with van der Waals surface area (Å²) in [5.41, 5.74) is 1.33. The molecule has 14 heavy (non-hydrogen) atoms. The van der Waals surface area contributed by atoms with Gasteiger partial charge in [-0.05, 0) is 53.0 Å². The van der Waals surface area contributed by atoms with E-state index in [9.17, 15) is 0 Å². The molecule has 0 radical (unpaired) electrons. The summed E-state index contributed by atoms with van der Waals surface area (Å²) in [6, 6.07) is 6.66. The Labute approximate surface area is 104 Å². The highest BCUT2D eigenvalue weighted by Crippen LogP contribution is 2.29. The number of hydrogen-bond donors (Lipinski definition) is 1. The van der Waals surface area contributed by atoms with E-state index in [-0.39, 0.29) is 12.4 Å². The molecule has 1 aromatic rings. The third kappa shape index (κ3) is 2.63. The molecule has 0 amide bonds. The highest BCUT2D eigenvalue weighted by Gasteiger charge is 2.16. The van der Waals surface area contributed by atoms with Crippen LogP contribution >= 0.6 is 39.9 Å². The van der Waals surface area contributed by atoms with Crippen molar-refractivity contribution < 1.29 is 0 Å². The molecule has 1 saturated heterocycles. The molecule has 1 N–H and O–H groups in total. The van der Waals surface area contributed by atoms with Gasteiger partial charge in [0.25, 0.3) is 0 Å². The molecule has 1 aromatic carbocycles. The second-order valence-electron chi connectivity index (χ2n) is 3.32. The lowest BCUT2D eigenvalue weighted by molar-refractivity contribution is 0.647. The maximum absolute atomic E-state index is 5.92. The van der Waals surface area contributed by atoms with E-state index in [0.29, 0.717) is 6.04 Å². The summed E-state index contributed by atoms with van der Waals surface area (Å²) in [5.74, 6) is 0. The quantitative estimate of drug-likeness (QED) is 0.827. The minimum absolute atomic E-state index is 0. The van der Waals surface area contributed by atoms with E-state index >= 15 is 0 Å². The average Bonchev–Trinajstić information content (AvgIpc) is 2.62. The molecule has 0 spiro atoms. The van der Waals surface area contributed by atoms with Crippen LogP contribution in [0.5, 0.6) is 0 Å². The smallest absolute Gasteiger partial charge is 0.0548 e. The van der Waals surface area contributed by atoms with Gasteiger partial charge in [-0.15, -0.1) is 12.4 Å². The van der Waals surface area contributed by atoms with E-state index in [2.05, 4.69) is 33.4 Å². The molecule has 0 aliphatic carbocycles. The predicted molar refractivity (Wildman–Crippen MR) is 66.4 cm³/mol. The number of benzene rings is 1. The van der Waals surface area contributed by atoms with Crippen LogP contribution in [0.2, 0.25) is 5.02 Å². The van der Waals surface area contributed by atoms with E-state index in [1.54, 1.807) is 0 Å². The predicted octanol–water partition coefficient (Wildman–Crippen LogP) is 3.95. The van der Waals surface area contributed by atoms with E-state index < -0.39 is 0 Å². The minimum Gasteiger partial charge on any atom is -0.310 e. The van der Waals surface area contributed by atoms with E-state index in [1.165, 1.54) is 18.4 Å². The first-order valence-electron chi connectivity index (χ1n) is 4.46. The fraction of sp³-hybridized carbons (Fsp3) is 0.400. The zero-order chi connectivity index (χ0) is 9.26. The second-order valence-corrected chi connectivity index (χ2v) is 4.58. The standard InChI is InChI=1S/C10H11BrClN.ClH/c11-8-6-7(3-4-9(8)12)10-2-1-5-13-10;/h3-4,6,10,13H,1-2,5H2;1H/t10-;/m0./s1. The molecule has 1 nitrogen and oxygen atoms in total. The van der Waals surface area contributed by atoms with Gasteiger partial charge in [0.15, 0.2) is 0 Å². The highest BCUT2D eigenvalue weighted by molar-refractivity contribution is 9.10. The summed E-state index contributed by atoms with van der Waals surface area (Å²) in [5, 5.41) is 4.24. The van der Waals surface area contributed by atoms with Crippen LogP contribution in [-0.2, 0) is 0 Å². The van der Waals surface area contributed by atoms with Crippen molar-refractivity contribution in [2.45, 2.75) is 18.9 Å². The maximum atomic E-state index is 5.92. The molecule has 1 heterocycles. The summed E-state index contributed by atoms with van der Waals surface area (Å²) in [6.07, 6.45) is 2.50. The normalized spacial score (nSPS) is 20.6. The van der Waals surface area contributed by atoms with Crippen LogP contribution in [-0.4, -0.2) is 6.54 Å². The number of rotatable bonds is 1. The Morgan fingerprint density at radius 1 is 1.43 bits per heavy atom. The Morgan fingerprint density at radius 2 is 2.21 bits per heavy atom. The van der Waals surface area contributed by atoms with Crippen LogP contribution in [0.25, 0.3) is 0 Å². The summed E-state index contributed by atoms with van der Waals surface area (Å²) in [6.45, 7) is 1.13. The van der Waals surface area contributed by atoms with Crippen molar-refractivity contribution in [1.29, 1.82) is 0 Å². The van der Waals surface area contributed by atoms with E-state index in [4.69, 9.17) is 11.6 Å². The molecule has 1 aliphatic rings. The number of halogens is 3. The van der Waals surface area contributed by atoms with Crippen molar-refractivity contribution in [2.24, 2.45) is 0 Å². The Balaban J connectivity index is 0.000000980. The van der Waals surface area contributed by atoms with Gasteiger partial charge in [0.2, 0.25) is 0 Å². The Morgan fingerprint density at radius 3 is 2.79 bits per heavy atom. The van der Waals surface area contributed by atoms with Gasteiger partial charge < -0.3 is 5.32 Å². The first-order chi connectivity index (χ1) is 6.27. The van der Waals surface area contributed by atoms with Gasteiger partial charge in [-0.2, -0.15) is 0 Å². The van der Waals surface area contributed by atoms with Crippen LogP contribution in [0.1, 0.15) is 24.4 Å². The summed E-state index contributed by atoms with van der Waals surface area (Å²) in [7, 11) is 0. The fourth-order valence-electron chi connectivity index (χ4n) is 1.70. The third-order valence-electron chi connectivity index (χ3n) is 2.41. The molecular formula is C10H12BrCl2N. The van der Waals surface area contributed by atoms with Crippen LogP contribution in [0.4, 0.5) is 0 Å². The van der Waals surface area contributed by atoms with Gasteiger partial charge in [-0.3, -0.25) is 0 Å². The van der Waals surface area contributed by atoms with Crippen molar-refractivity contribution in [3.8, 4) is 0 Å². The van der Waals surface area contributed by atoms with Crippen LogP contribution < -0.4 is 5.32 Å². The molecule has 0 aromatic heterocycles. The van der Waals surface area contributed by atoms with Crippen molar-refractivity contribution in [1.82, 2.24) is 5.32 Å². The van der Waals surface area contributed by atoms with Crippen LogP contribution in [0.15, 0.2) is 22.7 Å². The first kappa shape index (κ1) is 12.3. The number of nitrogens with one attached hydrogen (secondary N) is 1. The lowest BCUT2D eigenvalue weighted by Crippen LogP contribution is -2.12. The Kier molecular flexibility index (Phi) is 4.71. The summed E-state index contributed by atoms with van der Waals surface area (Å²) >= 11 is 9.35. The average molecular weight is 297 g/mol. The SMILES string of the molecule is Cl.Clc1ccc([C@@H]2CCCN2)cc1Br. The minimum atomic E-state index is 0. The van der Waals surface area contributed by atoms with Gasteiger partial charge in [-0.25, -0.2) is 0 Å². The Bertz CT molecular complexity index is 311. The molecule has 1 atom stereocenters. The highest BCUT2D eigenvalue weighted by atomic mass is 79.9. The maximum Gasteiger partial charge on any atom is 0.0548 e. The molecule has 78 valence electrons. The molecule has 0 bridgehead atoms. The first-order valence-corrected chi connectivity index (χ1v) is 5.63. The van der Waals surface area contributed by atoms with Gasteiger partial charge in [0.1, 0.15) is 0 Å². The fourth-order valence-corrected chi connectivity index (χ4v) is 2.21. The zero-order valence-corrected chi connectivity index (χ0v) is 10.8. The lowest BCUT2D eigenvalue weighted by Gasteiger charge is -2.10. The zero-order valence-electron chi connectivity index (χ0n) is 7.59. The van der Waals surface area contributed by atoms with Crippen molar-refractivity contribution >= 4 is 39.9 Å². The number of hydrogen-bond acceptors (Lipinski definition) is 1. The van der Waals surface area contributed by atoms with Gasteiger partial charge in [-0.1, -0.05) is 17.7 Å². The van der Waals surface area contributed by atoms with Crippen LogP contribution in [0, 0.1) is 0 Å². The summed E-state index contributed by atoms with van der Waals surface area (Å²) < 4.78 is 0.986. The van der Waals surface area contributed by atoms with Gasteiger partial charge in [0.05, 0.1) is 5.02 Å². The molecule has 2 rings (SSSR count). The van der Waals surface area contributed by atoms with Crippen molar-refractivity contribution in [3.63, 3.8) is 0 Å². The van der Waals surface area contributed by atoms with Crippen molar-refractivity contribution in [3.05, 3.63) is 33.3 Å². The molecule has 0 saturated carbocycles. The van der Waals surface area contributed by atoms with E-state index in [0.717, 1.165) is 16.0 Å². The molecule has 1 aliphatic heterocycles. The second kappa shape index (κ2) is 5.36. The molecule has 1 fully saturated rings. The molecule has 0 unspecified atom stereocenters. The van der Waals surface area contributed by atoms with E-state index in [1.807, 2.05) is 6.07 Å². The molecule has 4 heteroatoms. The van der Waals surface area contributed by atoms with Gasteiger partial charge in [0, 0.05) is 10.5 Å². The third-order valence-corrected chi connectivity index (χ3v) is 3.62. The summed E-state index contributed by atoms with van der Waals surface area (Å²) in [4.78, 5) is 0. The van der Waals surface area contributed by atoms with Crippen LogP contribution in [0.3, 0.4) is 0 Å². The largest absolute Gasteiger partial charge is 0.310 e. The van der Waals surface area contributed by atoms with Gasteiger partial charge >= 0.3 is 0 Å². The molecular weight excluding hydrogens is 285 g/mol. The monoisotopic (exact) mass is 295 g/mol.